The number of rotatable bonds is 4. The van der Waals surface area contributed by atoms with Crippen LogP contribution < -0.4 is 0 Å². The van der Waals surface area contributed by atoms with Gasteiger partial charge in [0.25, 0.3) is 0 Å². The highest BCUT2D eigenvalue weighted by atomic mass is 16.1. The molecular weight excluding hydrogens is 160 g/mol. The van der Waals surface area contributed by atoms with Crippen molar-refractivity contribution in [2.24, 2.45) is 5.92 Å². The van der Waals surface area contributed by atoms with Gasteiger partial charge in [0.15, 0.2) is 0 Å². The van der Waals surface area contributed by atoms with Crippen molar-refractivity contribution in [3.05, 3.63) is 11.6 Å². The Morgan fingerprint density at radius 1 is 1.46 bits per heavy atom. The molecule has 0 saturated carbocycles. The van der Waals surface area contributed by atoms with Crippen molar-refractivity contribution in [2.45, 2.75) is 52.4 Å². The maximum atomic E-state index is 11.6. The van der Waals surface area contributed by atoms with E-state index in [9.17, 15) is 4.79 Å². The lowest BCUT2D eigenvalue weighted by molar-refractivity contribution is -0.122. The van der Waals surface area contributed by atoms with Gasteiger partial charge in [0.1, 0.15) is 5.78 Å². The minimum atomic E-state index is 0.277. The molecule has 0 saturated heterocycles. The van der Waals surface area contributed by atoms with Gasteiger partial charge in [-0.1, -0.05) is 38.3 Å². The molecule has 0 heterocycles. The molecule has 1 rings (SSSR count). The van der Waals surface area contributed by atoms with Crippen LogP contribution in [0.2, 0.25) is 0 Å². The molecule has 0 N–H and O–H groups in total. The van der Waals surface area contributed by atoms with E-state index in [2.05, 4.69) is 19.9 Å². The monoisotopic (exact) mass is 180 g/mol. The van der Waals surface area contributed by atoms with Crippen LogP contribution in [0.3, 0.4) is 0 Å². The van der Waals surface area contributed by atoms with Crippen LogP contribution >= 0.6 is 0 Å². The Labute approximate surface area is 81.2 Å². The van der Waals surface area contributed by atoms with Gasteiger partial charge in [0.2, 0.25) is 0 Å². The Morgan fingerprint density at radius 3 is 2.85 bits per heavy atom. The Morgan fingerprint density at radius 2 is 2.23 bits per heavy atom. The first-order valence-corrected chi connectivity index (χ1v) is 5.51. The van der Waals surface area contributed by atoms with Crippen molar-refractivity contribution in [3.8, 4) is 0 Å². The van der Waals surface area contributed by atoms with E-state index in [1.807, 2.05) is 0 Å². The normalized spacial score (nSPS) is 23.1. The predicted molar refractivity (Wildman–Crippen MR) is 55.6 cm³/mol. The summed E-state index contributed by atoms with van der Waals surface area (Å²) < 4.78 is 0. The summed E-state index contributed by atoms with van der Waals surface area (Å²) in [7, 11) is 0. The summed E-state index contributed by atoms with van der Waals surface area (Å²) in [6.07, 6.45) is 8.55. The summed E-state index contributed by atoms with van der Waals surface area (Å²) in [4.78, 5) is 11.6. The fourth-order valence-corrected chi connectivity index (χ4v) is 2.07. The lowest BCUT2D eigenvalue weighted by Crippen LogP contribution is -2.20. The van der Waals surface area contributed by atoms with Gasteiger partial charge in [0, 0.05) is 12.3 Å². The van der Waals surface area contributed by atoms with Crippen LogP contribution in [0, 0.1) is 5.92 Å². The maximum Gasteiger partial charge on any atom is 0.140 e. The minimum Gasteiger partial charge on any atom is -0.299 e. The van der Waals surface area contributed by atoms with Crippen LogP contribution in [-0.4, -0.2) is 5.78 Å². The van der Waals surface area contributed by atoms with Gasteiger partial charge in [-0.15, -0.1) is 0 Å². The molecule has 1 heteroatoms. The Kier molecular flexibility index (Phi) is 4.20. The van der Waals surface area contributed by atoms with Crippen molar-refractivity contribution < 1.29 is 4.79 Å². The fourth-order valence-electron chi connectivity index (χ4n) is 2.07. The van der Waals surface area contributed by atoms with Gasteiger partial charge in [0.05, 0.1) is 0 Å². The summed E-state index contributed by atoms with van der Waals surface area (Å²) >= 11 is 0. The summed E-state index contributed by atoms with van der Waals surface area (Å²) in [5.41, 5.74) is 1.39. The first kappa shape index (κ1) is 10.5. The molecule has 0 aromatic heterocycles. The highest BCUT2D eigenvalue weighted by Crippen LogP contribution is 2.28. The smallest absolute Gasteiger partial charge is 0.140 e. The lowest BCUT2D eigenvalue weighted by atomic mass is 9.82. The molecule has 1 atom stereocenters. The zero-order valence-corrected chi connectivity index (χ0v) is 8.81. The van der Waals surface area contributed by atoms with Gasteiger partial charge < -0.3 is 0 Å². The summed E-state index contributed by atoms with van der Waals surface area (Å²) in [5, 5.41) is 0. The minimum absolute atomic E-state index is 0.277. The molecule has 0 aromatic rings. The number of allylic oxidation sites excluding steroid dienone is 2. The van der Waals surface area contributed by atoms with E-state index in [1.54, 1.807) is 0 Å². The van der Waals surface area contributed by atoms with E-state index in [0.717, 1.165) is 25.7 Å². The summed E-state index contributed by atoms with van der Waals surface area (Å²) in [5.74, 6) is 0.756. The Bertz CT molecular complexity index is 203. The standard InChI is InChI=1S/C12H20O/c1-3-5-8-11-10(4-2)7-6-9-12(11)13/h7,11H,3-6,8-9H2,1-2H3. The molecule has 1 aliphatic carbocycles. The third-order valence-electron chi connectivity index (χ3n) is 2.89. The SMILES string of the molecule is CCCCC1C(=O)CCC=C1CC. The van der Waals surface area contributed by atoms with Gasteiger partial charge in [-0.2, -0.15) is 0 Å². The van der Waals surface area contributed by atoms with E-state index >= 15 is 0 Å². The number of carbonyl (C=O) groups is 1. The molecular formula is C12H20O. The third-order valence-corrected chi connectivity index (χ3v) is 2.89. The first-order chi connectivity index (χ1) is 6.29. The topological polar surface area (TPSA) is 17.1 Å². The number of hydrogen-bond donors (Lipinski definition) is 0. The van der Waals surface area contributed by atoms with E-state index in [1.165, 1.54) is 18.4 Å². The number of Topliss-reactive ketones (excluding diaryl/α,β-unsaturated/α-hetero) is 1. The van der Waals surface area contributed by atoms with Crippen LogP contribution in [0.5, 0.6) is 0 Å². The predicted octanol–water partition coefficient (Wildman–Crippen LogP) is 3.49. The molecule has 0 bridgehead atoms. The first-order valence-electron chi connectivity index (χ1n) is 5.51. The number of carbonyl (C=O) groups excluding carboxylic acids is 1. The molecule has 74 valence electrons. The fraction of sp³-hybridized carbons (Fsp3) is 0.750. The number of unbranched alkanes of at least 4 members (excludes halogenated alkanes) is 1. The van der Waals surface area contributed by atoms with Crippen LogP contribution in [0.15, 0.2) is 11.6 Å². The van der Waals surface area contributed by atoms with Crippen LogP contribution in [0.25, 0.3) is 0 Å². The van der Waals surface area contributed by atoms with Crippen LogP contribution in [0.1, 0.15) is 52.4 Å². The van der Waals surface area contributed by atoms with Crippen LogP contribution in [0.4, 0.5) is 0 Å². The van der Waals surface area contributed by atoms with Gasteiger partial charge in [-0.3, -0.25) is 4.79 Å². The third kappa shape index (κ3) is 2.68. The average Bonchev–Trinajstić information content (AvgIpc) is 2.15. The lowest BCUT2D eigenvalue weighted by Gasteiger charge is -2.22. The van der Waals surface area contributed by atoms with Gasteiger partial charge in [-0.25, -0.2) is 0 Å². The van der Waals surface area contributed by atoms with Gasteiger partial charge >= 0.3 is 0 Å². The highest BCUT2D eigenvalue weighted by molar-refractivity contribution is 5.84. The summed E-state index contributed by atoms with van der Waals surface area (Å²) in [6, 6.07) is 0. The van der Waals surface area contributed by atoms with E-state index in [-0.39, 0.29) is 5.92 Å². The van der Waals surface area contributed by atoms with Crippen molar-refractivity contribution >= 4 is 5.78 Å². The van der Waals surface area contributed by atoms with E-state index < -0.39 is 0 Å². The molecule has 1 aliphatic rings. The van der Waals surface area contributed by atoms with E-state index in [4.69, 9.17) is 0 Å². The molecule has 0 fully saturated rings. The second kappa shape index (κ2) is 5.21. The van der Waals surface area contributed by atoms with Gasteiger partial charge in [-0.05, 0) is 19.3 Å². The second-order valence-electron chi connectivity index (χ2n) is 3.83. The zero-order chi connectivity index (χ0) is 9.68. The Balaban J connectivity index is 2.58. The second-order valence-corrected chi connectivity index (χ2v) is 3.83. The molecule has 0 aromatic carbocycles. The molecule has 0 aliphatic heterocycles. The molecule has 1 unspecified atom stereocenters. The van der Waals surface area contributed by atoms with Crippen LogP contribution in [-0.2, 0) is 4.79 Å². The maximum absolute atomic E-state index is 11.6. The van der Waals surface area contributed by atoms with Crippen molar-refractivity contribution in [1.82, 2.24) is 0 Å². The summed E-state index contributed by atoms with van der Waals surface area (Å²) in [6.45, 7) is 4.34. The number of hydrogen-bond acceptors (Lipinski definition) is 1. The quantitative estimate of drug-likeness (QED) is 0.605. The highest BCUT2D eigenvalue weighted by Gasteiger charge is 2.23. The number of ketones is 1. The average molecular weight is 180 g/mol. The largest absolute Gasteiger partial charge is 0.299 e. The van der Waals surface area contributed by atoms with E-state index in [0.29, 0.717) is 5.78 Å². The molecule has 13 heavy (non-hydrogen) atoms. The van der Waals surface area contributed by atoms with Crippen molar-refractivity contribution in [3.63, 3.8) is 0 Å². The molecule has 0 amide bonds. The molecule has 0 spiro atoms. The Hall–Kier alpha value is -0.590. The molecule has 0 radical (unpaired) electrons. The molecule has 1 nitrogen and oxygen atoms in total. The zero-order valence-electron chi connectivity index (χ0n) is 8.81. The van der Waals surface area contributed by atoms with Crippen molar-refractivity contribution in [2.75, 3.05) is 0 Å². The van der Waals surface area contributed by atoms with Crippen molar-refractivity contribution in [1.29, 1.82) is 0 Å².